The first kappa shape index (κ1) is 22.9. The van der Waals surface area contributed by atoms with Crippen LogP contribution in [0, 0.1) is 0 Å². The van der Waals surface area contributed by atoms with Crippen molar-refractivity contribution < 1.29 is 19.0 Å². The van der Waals surface area contributed by atoms with Crippen LogP contribution >= 0.6 is 0 Å². The summed E-state index contributed by atoms with van der Waals surface area (Å²) in [6.07, 6.45) is 0. The van der Waals surface area contributed by atoms with Crippen LogP contribution in [0.15, 0.2) is 97.1 Å². The summed E-state index contributed by atoms with van der Waals surface area (Å²) in [5, 5.41) is 2.91. The van der Waals surface area contributed by atoms with Crippen molar-refractivity contribution in [3.8, 4) is 28.4 Å². The summed E-state index contributed by atoms with van der Waals surface area (Å²) in [6, 6.07) is 30.7. The average molecular weight is 454 g/mol. The topological polar surface area (TPSA) is 56.8 Å². The second-order valence-electron chi connectivity index (χ2n) is 7.62. The van der Waals surface area contributed by atoms with Crippen LogP contribution in [-0.4, -0.2) is 19.6 Å². The van der Waals surface area contributed by atoms with Gasteiger partial charge in [0.25, 0.3) is 5.91 Å². The van der Waals surface area contributed by atoms with Crippen LogP contribution in [0.1, 0.15) is 22.8 Å². The highest BCUT2D eigenvalue weighted by atomic mass is 16.5. The lowest BCUT2D eigenvalue weighted by atomic mass is 10.1. The zero-order chi connectivity index (χ0) is 23.8. The molecule has 1 N–H and O–H groups in total. The Bertz CT molecular complexity index is 1220. The van der Waals surface area contributed by atoms with E-state index in [-0.39, 0.29) is 12.5 Å². The second kappa shape index (κ2) is 11.1. The molecule has 0 aliphatic heterocycles. The molecule has 0 heterocycles. The lowest BCUT2D eigenvalue weighted by Crippen LogP contribution is -2.13. The van der Waals surface area contributed by atoms with Crippen molar-refractivity contribution in [3.05, 3.63) is 108 Å². The van der Waals surface area contributed by atoms with E-state index in [1.807, 2.05) is 61.5 Å². The highest BCUT2D eigenvalue weighted by Crippen LogP contribution is 2.26. The van der Waals surface area contributed by atoms with Crippen LogP contribution < -0.4 is 19.5 Å². The summed E-state index contributed by atoms with van der Waals surface area (Å²) in [5.41, 5.74) is 4.30. The molecular weight excluding hydrogens is 426 g/mol. The van der Waals surface area contributed by atoms with E-state index >= 15 is 0 Å². The molecule has 0 unspecified atom stereocenters. The average Bonchev–Trinajstić information content (AvgIpc) is 2.89. The van der Waals surface area contributed by atoms with E-state index in [4.69, 9.17) is 14.2 Å². The fourth-order valence-electron chi connectivity index (χ4n) is 3.54. The summed E-state index contributed by atoms with van der Waals surface area (Å²) in [6.45, 7) is 2.73. The predicted molar refractivity (Wildman–Crippen MR) is 135 cm³/mol. The van der Waals surface area contributed by atoms with Crippen molar-refractivity contribution in [1.82, 2.24) is 0 Å². The number of amides is 1. The highest BCUT2D eigenvalue weighted by molar-refractivity contribution is 6.04. The summed E-state index contributed by atoms with van der Waals surface area (Å²) < 4.78 is 16.9. The van der Waals surface area contributed by atoms with E-state index in [1.165, 1.54) is 0 Å². The number of rotatable bonds is 9. The Morgan fingerprint density at radius 1 is 0.765 bits per heavy atom. The zero-order valence-electron chi connectivity index (χ0n) is 19.3. The Balaban J connectivity index is 1.46. The van der Waals surface area contributed by atoms with Gasteiger partial charge in [0.15, 0.2) is 0 Å². The van der Waals surface area contributed by atoms with Crippen molar-refractivity contribution in [1.29, 1.82) is 0 Å². The first-order valence-corrected chi connectivity index (χ1v) is 11.2. The fraction of sp³-hybridized carbons (Fsp3) is 0.138. The van der Waals surface area contributed by atoms with Crippen LogP contribution in [0.5, 0.6) is 17.2 Å². The van der Waals surface area contributed by atoms with Crippen LogP contribution in [0.4, 0.5) is 5.69 Å². The van der Waals surface area contributed by atoms with Gasteiger partial charge in [0.2, 0.25) is 0 Å². The molecule has 0 aliphatic carbocycles. The quantitative estimate of drug-likeness (QED) is 0.310. The van der Waals surface area contributed by atoms with Gasteiger partial charge in [-0.25, -0.2) is 0 Å². The van der Waals surface area contributed by atoms with Crippen LogP contribution in [0.2, 0.25) is 0 Å². The van der Waals surface area contributed by atoms with Crippen LogP contribution in [0.25, 0.3) is 11.1 Å². The molecule has 0 fully saturated rings. The lowest BCUT2D eigenvalue weighted by molar-refractivity contribution is 0.102. The summed E-state index contributed by atoms with van der Waals surface area (Å²) >= 11 is 0. The molecule has 0 aliphatic rings. The minimum absolute atomic E-state index is 0.207. The largest absolute Gasteiger partial charge is 0.497 e. The van der Waals surface area contributed by atoms with Crippen molar-refractivity contribution in [2.24, 2.45) is 0 Å². The van der Waals surface area contributed by atoms with Gasteiger partial charge in [-0.15, -0.1) is 0 Å². The third-order valence-electron chi connectivity index (χ3n) is 5.33. The normalized spacial score (nSPS) is 10.4. The third kappa shape index (κ3) is 5.75. The molecule has 0 bridgehead atoms. The van der Waals surface area contributed by atoms with Crippen molar-refractivity contribution in [2.45, 2.75) is 13.5 Å². The molecule has 4 aromatic carbocycles. The minimum Gasteiger partial charge on any atom is -0.497 e. The first-order valence-electron chi connectivity index (χ1n) is 11.2. The predicted octanol–water partition coefficient (Wildman–Crippen LogP) is 6.59. The monoisotopic (exact) mass is 453 g/mol. The van der Waals surface area contributed by atoms with Crippen LogP contribution in [-0.2, 0) is 6.61 Å². The summed E-state index contributed by atoms with van der Waals surface area (Å²) in [5.74, 6) is 1.97. The standard InChI is InChI=1S/C29H27NO4/c1-3-33-28-18-11-23(29(31)30-25-12-16-26(32-2)17-13-25)19-24(28)20-34-27-14-9-22(10-15-27)21-7-5-4-6-8-21/h4-19H,3,20H2,1-2H3,(H,30,31). The van der Waals surface area contributed by atoms with Gasteiger partial charge in [0.1, 0.15) is 23.9 Å². The second-order valence-corrected chi connectivity index (χ2v) is 7.62. The maximum absolute atomic E-state index is 12.8. The molecule has 0 saturated carbocycles. The maximum Gasteiger partial charge on any atom is 0.255 e. The SMILES string of the molecule is CCOc1ccc(C(=O)Nc2ccc(OC)cc2)cc1COc1ccc(-c2ccccc2)cc1. The molecule has 5 heteroatoms. The number of ether oxygens (including phenoxy) is 3. The highest BCUT2D eigenvalue weighted by Gasteiger charge is 2.12. The third-order valence-corrected chi connectivity index (χ3v) is 5.33. The van der Waals surface area contributed by atoms with Crippen molar-refractivity contribution in [2.75, 3.05) is 19.0 Å². The fourth-order valence-corrected chi connectivity index (χ4v) is 3.54. The van der Waals surface area contributed by atoms with Gasteiger partial charge >= 0.3 is 0 Å². The molecule has 0 radical (unpaired) electrons. The molecule has 5 nitrogen and oxygen atoms in total. The number of anilines is 1. The number of hydrogen-bond donors (Lipinski definition) is 1. The summed E-state index contributed by atoms with van der Waals surface area (Å²) in [4.78, 5) is 12.8. The Kier molecular flexibility index (Phi) is 7.45. The Hall–Kier alpha value is -4.25. The smallest absolute Gasteiger partial charge is 0.255 e. The minimum atomic E-state index is -0.207. The Labute approximate surface area is 199 Å². The van der Waals surface area contributed by atoms with Gasteiger partial charge < -0.3 is 19.5 Å². The van der Waals surface area contributed by atoms with E-state index < -0.39 is 0 Å². The molecule has 0 atom stereocenters. The first-order chi connectivity index (χ1) is 16.7. The number of carbonyl (C=O) groups excluding carboxylic acids is 1. The van der Waals surface area contributed by atoms with Gasteiger partial charge in [0, 0.05) is 16.8 Å². The zero-order valence-corrected chi connectivity index (χ0v) is 19.3. The molecule has 4 aromatic rings. The van der Waals surface area contributed by atoms with Gasteiger partial charge in [0.05, 0.1) is 13.7 Å². The van der Waals surface area contributed by atoms with E-state index in [9.17, 15) is 4.79 Å². The van der Waals surface area contributed by atoms with Crippen molar-refractivity contribution in [3.63, 3.8) is 0 Å². The number of benzene rings is 4. The molecule has 0 aromatic heterocycles. The van der Waals surface area contributed by atoms with Gasteiger partial charge in [-0.1, -0.05) is 42.5 Å². The lowest BCUT2D eigenvalue weighted by Gasteiger charge is -2.14. The van der Waals surface area contributed by atoms with Crippen molar-refractivity contribution >= 4 is 11.6 Å². The van der Waals surface area contributed by atoms with E-state index in [0.717, 1.165) is 28.2 Å². The number of nitrogens with one attached hydrogen (secondary N) is 1. The van der Waals surface area contributed by atoms with Gasteiger partial charge in [-0.3, -0.25) is 4.79 Å². The van der Waals surface area contributed by atoms with E-state index in [2.05, 4.69) is 17.4 Å². The number of hydrogen-bond acceptors (Lipinski definition) is 4. The molecule has 1 amide bonds. The molecule has 34 heavy (non-hydrogen) atoms. The maximum atomic E-state index is 12.8. The molecule has 172 valence electrons. The van der Waals surface area contributed by atoms with Gasteiger partial charge in [-0.2, -0.15) is 0 Å². The van der Waals surface area contributed by atoms with E-state index in [0.29, 0.717) is 23.6 Å². The van der Waals surface area contributed by atoms with E-state index in [1.54, 1.807) is 37.4 Å². The van der Waals surface area contributed by atoms with Gasteiger partial charge in [-0.05, 0) is 72.6 Å². The number of carbonyl (C=O) groups is 1. The molecule has 0 saturated heterocycles. The Morgan fingerprint density at radius 3 is 2.12 bits per heavy atom. The number of methoxy groups -OCH3 is 1. The summed E-state index contributed by atoms with van der Waals surface area (Å²) in [7, 11) is 1.61. The molecular formula is C29H27NO4. The molecule has 0 spiro atoms. The van der Waals surface area contributed by atoms with Crippen LogP contribution in [0.3, 0.4) is 0 Å². The Morgan fingerprint density at radius 2 is 1.44 bits per heavy atom. The molecule has 4 rings (SSSR count).